The summed E-state index contributed by atoms with van der Waals surface area (Å²) in [4.78, 5) is 26.4. The smallest absolute Gasteiger partial charge is 0.242 e. The number of nitrogens with zero attached hydrogens (tertiary/aromatic N) is 4. The van der Waals surface area contributed by atoms with E-state index in [1.165, 1.54) is 18.6 Å². The zero-order valence-corrected chi connectivity index (χ0v) is 26.2. The van der Waals surface area contributed by atoms with Crippen LogP contribution in [0.25, 0.3) is 0 Å². The normalized spacial score (nSPS) is 22.5. The average Bonchev–Trinajstić information content (AvgIpc) is 3.10. The van der Waals surface area contributed by atoms with Crippen LogP contribution in [0.15, 0.2) is 49.1 Å². The van der Waals surface area contributed by atoms with E-state index in [1.807, 2.05) is 13.8 Å². The van der Waals surface area contributed by atoms with Gasteiger partial charge in [0.25, 0.3) is 0 Å². The molecule has 0 radical (unpaired) electrons. The molecule has 2 aliphatic rings. The second-order valence-corrected chi connectivity index (χ2v) is 13.9. The fourth-order valence-electron chi connectivity index (χ4n) is 5.77. The molecule has 2 bridgehead atoms. The van der Waals surface area contributed by atoms with E-state index < -0.39 is 33.7 Å². The molecule has 44 heavy (non-hydrogen) atoms. The Morgan fingerprint density at radius 1 is 1.20 bits per heavy atom. The van der Waals surface area contributed by atoms with Gasteiger partial charge in [-0.2, -0.15) is 4.31 Å². The topological polar surface area (TPSA) is 152 Å². The van der Waals surface area contributed by atoms with E-state index in [9.17, 15) is 13.2 Å². The average molecular weight is 646 g/mol. The lowest BCUT2D eigenvalue weighted by Crippen LogP contribution is -2.57. The number of carbonyl (C=O) groups excluding carboxylic acids is 1. The van der Waals surface area contributed by atoms with E-state index in [0.29, 0.717) is 48.1 Å². The number of fused-ring (bicyclic) bond motifs is 2. The van der Waals surface area contributed by atoms with E-state index in [4.69, 9.17) is 22.1 Å². The number of ether oxygens (including phenoxy) is 1. The van der Waals surface area contributed by atoms with E-state index in [-0.39, 0.29) is 41.6 Å². The Bertz CT molecular complexity index is 1560. The second-order valence-electron chi connectivity index (χ2n) is 11.5. The Labute approximate surface area is 261 Å². The summed E-state index contributed by atoms with van der Waals surface area (Å²) in [5.41, 5.74) is 8.09. The highest BCUT2D eigenvalue weighted by Gasteiger charge is 2.38. The number of benzene rings is 1. The molecule has 4 N–H and O–H groups in total. The van der Waals surface area contributed by atoms with E-state index in [0.717, 1.165) is 12.6 Å². The summed E-state index contributed by atoms with van der Waals surface area (Å²) in [6.07, 6.45) is 7.31. The number of piperazine rings is 1. The van der Waals surface area contributed by atoms with E-state index >= 15 is 4.39 Å². The van der Waals surface area contributed by atoms with Gasteiger partial charge < -0.3 is 21.1 Å². The number of pyridine rings is 1. The third-order valence-electron chi connectivity index (χ3n) is 7.97. The lowest BCUT2D eigenvalue weighted by Gasteiger charge is -2.37. The quantitative estimate of drug-likeness (QED) is 0.302. The zero-order valence-electron chi connectivity index (χ0n) is 24.6. The highest BCUT2D eigenvalue weighted by atomic mass is 35.5. The van der Waals surface area contributed by atoms with Crippen LogP contribution in [0.5, 0.6) is 5.88 Å². The van der Waals surface area contributed by atoms with Gasteiger partial charge in [0.2, 0.25) is 21.8 Å². The third-order valence-corrected chi connectivity index (χ3v) is 10.2. The molecule has 11 nitrogen and oxygen atoms in total. The van der Waals surface area contributed by atoms with Gasteiger partial charge in [0.1, 0.15) is 5.82 Å². The van der Waals surface area contributed by atoms with Crippen LogP contribution < -0.4 is 21.1 Å². The van der Waals surface area contributed by atoms with Gasteiger partial charge in [-0.3, -0.25) is 14.8 Å². The SMILES string of the molecule is CC(C)Oc1cnc(C(c2ccc(Cl)cc2)C(N)C(=O)Nc2cncc(F)c2CC[C@H]2CN[C@@H]3CCCS(=O)(=O)N2C3)cn1. The van der Waals surface area contributed by atoms with Crippen LogP contribution in [-0.4, -0.2) is 76.7 Å². The Balaban J connectivity index is 1.36. The molecular formula is C30H37ClFN7O4S. The van der Waals surface area contributed by atoms with Gasteiger partial charge in [0, 0.05) is 35.8 Å². The van der Waals surface area contributed by atoms with Gasteiger partial charge in [-0.1, -0.05) is 23.7 Å². The summed E-state index contributed by atoms with van der Waals surface area (Å²) in [5.74, 6) is -1.45. The van der Waals surface area contributed by atoms with Crippen LogP contribution in [0.1, 0.15) is 55.8 Å². The van der Waals surface area contributed by atoms with Crippen molar-refractivity contribution < 1.29 is 22.3 Å². The molecule has 0 saturated carbocycles. The maximum absolute atomic E-state index is 15.1. The molecule has 4 heterocycles. The number of halogens is 2. The third kappa shape index (κ3) is 7.52. The van der Waals surface area contributed by atoms with Crippen LogP contribution >= 0.6 is 11.6 Å². The number of anilines is 1. The van der Waals surface area contributed by atoms with Gasteiger partial charge in [-0.15, -0.1) is 0 Å². The molecular weight excluding hydrogens is 609 g/mol. The number of carbonyl (C=O) groups is 1. The number of amides is 1. The van der Waals surface area contributed by atoms with E-state index in [2.05, 4.69) is 25.6 Å². The lowest BCUT2D eigenvalue weighted by atomic mass is 9.88. The van der Waals surface area contributed by atoms with Crippen LogP contribution in [0.2, 0.25) is 5.02 Å². The largest absolute Gasteiger partial charge is 0.474 e. The summed E-state index contributed by atoms with van der Waals surface area (Å²) in [6.45, 7) is 4.64. The van der Waals surface area contributed by atoms with Gasteiger partial charge >= 0.3 is 0 Å². The van der Waals surface area contributed by atoms with E-state index in [1.54, 1.807) is 28.6 Å². The number of sulfonamides is 1. The zero-order chi connectivity index (χ0) is 31.4. The fraction of sp³-hybridized carbons (Fsp3) is 0.467. The number of aromatic nitrogens is 3. The molecule has 5 rings (SSSR count). The summed E-state index contributed by atoms with van der Waals surface area (Å²) in [5, 5.41) is 6.71. The van der Waals surface area contributed by atoms with Crippen molar-refractivity contribution in [1.82, 2.24) is 24.6 Å². The first-order valence-corrected chi connectivity index (χ1v) is 16.7. The number of nitrogens with two attached hydrogens (primary N) is 1. The minimum Gasteiger partial charge on any atom is -0.474 e. The molecule has 1 amide bonds. The minimum absolute atomic E-state index is 0.0932. The first-order chi connectivity index (χ1) is 21.0. The highest BCUT2D eigenvalue weighted by Crippen LogP contribution is 2.30. The molecule has 2 aliphatic heterocycles. The van der Waals surface area contributed by atoms with Crippen molar-refractivity contribution in [3.63, 3.8) is 0 Å². The van der Waals surface area contributed by atoms with Crippen molar-refractivity contribution in [3.05, 3.63) is 76.7 Å². The van der Waals surface area contributed by atoms with Crippen molar-refractivity contribution in [2.45, 2.75) is 69.7 Å². The second kappa shape index (κ2) is 13.8. The van der Waals surface area contributed by atoms with Crippen LogP contribution in [0.4, 0.5) is 10.1 Å². The fourth-order valence-corrected chi connectivity index (χ4v) is 7.70. The molecule has 0 aliphatic carbocycles. The maximum atomic E-state index is 15.1. The van der Waals surface area contributed by atoms with Gasteiger partial charge in [0.15, 0.2) is 0 Å². The summed E-state index contributed by atoms with van der Waals surface area (Å²) < 4.78 is 48.1. The molecule has 2 fully saturated rings. The predicted molar refractivity (Wildman–Crippen MR) is 166 cm³/mol. The van der Waals surface area contributed by atoms with Gasteiger partial charge in [-0.05, 0) is 57.2 Å². The van der Waals surface area contributed by atoms with Crippen molar-refractivity contribution in [2.75, 3.05) is 24.2 Å². The molecule has 2 aromatic heterocycles. The van der Waals surface area contributed by atoms with Crippen molar-refractivity contribution in [1.29, 1.82) is 0 Å². The molecule has 5 atom stereocenters. The summed E-state index contributed by atoms with van der Waals surface area (Å²) in [6, 6.07) is 5.54. The number of rotatable bonds is 10. The molecule has 0 spiro atoms. The standard InChI is InChI=1S/C30H37ClFN7O4S/c1-18(2)43-27-16-36-26(15-37-27)28(19-5-7-20(31)8-6-19)29(33)30(40)38-25-14-34-13-24(32)23(25)10-9-22-12-35-21-4-3-11-44(41,42)39(22)17-21/h5-8,13-16,18,21-22,28-29,35H,3-4,9-12,17,33H2,1-2H3,(H,38,40)/t21-,22+,28?,29?/m1/s1. The molecule has 1 aromatic carbocycles. The Hall–Kier alpha value is -3.23. The number of hydrogen-bond donors (Lipinski definition) is 3. The molecule has 2 saturated heterocycles. The van der Waals surface area contributed by atoms with Gasteiger partial charge in [0.05, 0.1) is 60.0 Å². The van der Waals surface area contributed by atoms with Crippen molar-refractivity contribution in [2.24, 2.45) is 5.73 Å². The number of nitrogens with one attached hydrogen (secondary N) is 2. The molecule has 3 unspecified atom stereocenters. The first-order valence-electron chi connectivity index (χ1n) is 14.7. The number of hydrogen-bond acceptors (Lipinski definition) is 9. The van der Waals surface area contributed by atoms with Crippen molar-refractivity contribution in [3.8, 4) is 5.88 Å². The summed E-state index contributed by atoms with van der Waals surface area (Å²) >= 11 is 6.11. The highest BCUT2D eigenvalue weighted by molar-refractivity contribution is 7.89. The lowest BCUT2D eigenvalue weighted by molar-refractivity contribution is -0.117. The molecule has 236 valence electrons. The van der Waals surface area contributed by atoms with Crippen LogP contribution in [0.3, 0.4) is 0 Å². The Kier molecular flexibility index (Phi) is 10.1. The Morgan fingerprint density at radius 2 is 1.98 bits per heavy atom. The Morgan fingerprint density at radius 3 is 2.68 bits per heavy atom. The first kappa shape index (κ1) is 32.2. The molecule has 14 heteroatoms. The minimum atomic E-state index is -3.40. The maximum Gasteiger partial charge on any atom is 0.242 e. The monoisotopic (exact) mass is 645 g/mol. The predicted octanol–water partition coefficient (Wildman–Crippen LogP) is 3.25. The van der Waals surface area contributed by atoms with Crippen LogP contribution in [-0.2, 0) is 21.2 Å². The summed E-state index contributed by atoms with van der Waals surface area (Å²) in [7, 11) is -3.40. The van der Waals surface area contributed by atoms with Gasteiger partial charge in [-0.25, -0.2) is 17.8 Å². The molecule has 3 aromatic rings. The van der Waals surface area contributed by atoms with Crippen molar-refractivity contribution >= 4 is 33.2 Å². The van der Waals surface area contributed by atoms with Crippen LogP contribution in [0, 0.1) is 5.82 Å².